The number of hydrogen-bond acceptors (Lipinski definition) is 4. The van der Waals surface area contributed by atoms with Crippen molar-refractivity contribution in [2.45, 2.75) is 25.9 Å². The molecule has 1 aliphatic rings. The topological polar surface area (TPSA) is 87.5 Å². The summed E-state index contributed by atoms with van der Waals surface area (Å²) in [6.45, 7) is 1.16. The molecule has 0 radical (unpaired) electrons. The first kappa shape index (κ1) is 14.9. The highest BCUT2D eigenvalue weighted by molar-refractivity contribution is 5.15. The van der Waals surface area contributed by atoms with E-state index in [-0.39, 0.29) is 0 Å². The van der Waals surface area contributed by atoms with Gasteiger partial charge in [0, 0.05) is 36.1 Å². The number of fused-ring (bicyclic) bond motifs is 8. The highest BCUT2D eigenvalue weighted by atomic mass is 15.2. The monoisotopic (exact) mass is 344 g/mol. The van der Waals surface area contributed by atoms with Crippen molar-refractivity contribution < 1.29 is 9.13 Å². The smallest absolute Gasteiger partial charge is 0.178 e. The molecule has 0 atom stereocenters. The molecule has 0 fully saturated rings. The van der Waals surface area contributed by atoms with E-state index in [1.165, 1.54) is 0 Å². The van der Waals surface area contributed by atoms with Gasteiger partial charge in [0.25, 0.3) is 0 Å². The summed E-state index contributed by atoms with van der Waals surface area (Å²) in [6, 6.07) is 8.14. The van der Waals surface area contributed by atoms with E-state index < -0.39 is 0 Å². The highest BCUT2D eigenvalue weighted by Crippen LogP contribution is 2.06. The van der Waals surface area contributed by atoms with Gasteiger partial charge in [-0.05, 0) is 23.8 Å². The Morgan fingerprint density at radius 3 is 1.65 bits per heavy atom. The summed E-state index contributed by atoms with van der Waals surface area (Å²) in [5.74, 6) is 2.89. The van der Waals surface area contributed by atoms with Crippen molar-refractivity contribution in [2.75, 3.05) is 0 Å². The predicted molar refractivity (Wildman–Crippen MR) is 87.8 cm³/mol. The molecule has 8 bridgehead atoms. The molecular formula is C18H16N8. The van der Waals surface area contributed by atoms with Crippen LogP contribution in [0, 0.1) is 0 Å². The molecule has 0 amide bonds. The van der Waals surface area contributed by atoms with Gasteiger partial charge in [-0.15, -0.1) is 0 Å². The van der Waals surface area contributed by atoms with Gasteiger partial charge in [-0.2, -0.15) is 0 Å². The molecule has 8 nitrogen and oxygen atoms in total. The Kier molecular flexibility index (Phi) is 3.52. The van der Waals surface area contributed by atoms with Crippen molar-refractivity contribution in [3.05, 3.63) is 83.5 Å². The molecule has 4 aromatic rings. The zero-order valence-electron chi connectivity index (χ0n) is 14.0. The minimum atomic E-state index is 0.580. The molecule has 0 aliphatic carbocycles. The summed E-state index contributed by atoms with van der Waals surface area (Å²) >= 11 is 0. The number of nitrogens with zero attached hydrogens (tertiary/aromatic N) is 8. The first-order valence-corrected chi connectivity index (χ1v) is 8.46. The Balaban J connectivity index is 1.57. The Morgan fingerprint density at radius 2 is 1.12 bits per heavy atom. The first-order chi connectivity index (χ1) is 12.8. The van der Waals surface area contributed by atoms with Crippen LogP contribution in [0.4, 0.5) is 0 Å². The normalized spacial score (nSPS) is 13.5. The van der Waals surface area contributed by atoms with Gasteiger partial charge in [-0.1, -0.05) is 0 Å². The summed E-state index contributed by atoms with van der Waals surface area (Å²) in [6.07, 6.45) is 9.42. The van der Waals surface area contributed by atoms with Crippen LogP contribution in [-0.2, 0) is 25.9 Å². The maximum Gasteiger partial charge on any atom is 0.178 e. The second-order valence-corrected chi connectivity index (χ2v) is 6.41. The maximum atomic E-state index is 4.58. The number of aromatic nitrogens is 8. The van der Waals surface area contributed by atoms with Crippen LogP contribution >= 0.6 is 0 Å². The van der Waals surface area contributed by atoms with Crippen LogP contribution in [-0.4, -0.2) is 20.4 Å². The van der Waals surface area contributed by atoms with Gasteiger partial charge < -0.3 is 30.4 Å². The quantitative estimate of drug-likeness (QED) is 0.347. The summed E-state index contributed by atoms with van der Waals surface area (Å²) in [5.41, 5.74) is 2.24. The Bertz CT molecular complexity index is 907. The van der Waals surface area contributed by atoms with Gasteiger partial charge in [-0.3, -0.25) is 0 Å². The number of rotatable bonds is 0. The molecule has 4 aromatic heterocycles. The number of hydrogen-bond donors (Lipinski definition) is 0. The van der Waals surface area contributed by atoms with Crippen LogP contribution in [0.25, 0.3) is 0 Å². The highest BCUT2D eigenvalue weighted by Gasteiger charge is 2.09. The Morgan fingerprint density at radius 1 is 0.654 bits per heavy atom. The fraction of sp³-hybridized carbons (Fsp3) is 0.222. The Hall–Kier alpha value is -3.42. The van der Waals surface area contributed by atoms with Gasteiger partial charge >= 0.3 is 0 Å². The van der Waals surface area contributed by atoms with Gasteiger partial charge in [-0.25, -0.2) is 9.13 Å². The van der Waals surface area contributed by atoms with E-state index in [2.05, 4.69) is 54.9 Å². The van der Waals surface area contributed by atoms with E-state index in [0.29, 0.717) is 37.6 Å². The Labute approximate surface area is 149 Å². The fourth-order valence-corrected chi connectivity index (χ4v) is 3.15. The lowest BCUT2D eigenvalue weighted by molar-refractivity contribution is -0.690. The zero-order chi connectivity index (χ0) is 17.3. The molecule has 0 saturated carbocycles. The molecule has 5 rings (SSSR count). The average Bonchev–Trinajstić information content (AvgIpc) is 3.24. The summed E-state index contributed by atoms with van der Waals surface area (Å²) in [4.78, 5) is 9.14. The molecule has 0 saturated heterocycles. The molecule has 128 valence electrons. The van der Waals surface area contributed by atoms with Crippen LogP contribution < -0.4 is 19.1 Å². The lowest BCUT2D eigenvalue weighted by Gasteiger charge is -2.04. The molecule has 5 heterocycles. The molecule has 8 heteroatoms. The van der Waals surface area contributed by atoms with E-state index in [9.17, 15) is 0 Å². The van der Waals surface area contributed by atoms with E-state index in [4.69, 9.17) is 0 Å². The standard InChI is InChI=1S/C18H16N8/c1-3-13-7-15-19-16(22-21-15)8-14-4-2-6-26(10-14)12-18-20-17(23-24-18)11-25(5-1)9-13/h1-6,9-10H,7-8,11-12H2. The van der Waals surface area contributed by atoms with E-state index >= 15 is 0 Å². The van der Waals surface area contributed by atoms with Crippen LogP contribution in [0.15, 0.2) is 49.1 Å². The fourth-order valence-electron chi connectivity index (χ4n) is 3.15. The van der Waals surface area contributed by atoms with E-state index in [0.717, 1.165) is 22.8 Å². The molecule has 0 unspecified atom stereocenters. The minimum absolute atomic E-state index is 0.580. The van der Waals surface area contributed by atoms with Crippen molar-refractivity contribution in [3.8, 4) is 0 Å². The second-order valence-electron chi connectivity index (χ2n) is 6.41. The molecule has 0 N–H and O–H groups in total. The van der Waals surface area contributed by atoms with Crippen molar-refractivity contribution in [1.82, 2.24) is 30.4 Å². The van der Waals surface area contributed by atoms with Crippen molar-refractivity contribution in [2.24, 2.45) is 0 Å². The van der Waals surface area contributed by atoms with Crippen LogP contribution in [0.1, 0.15) is 34.4 Å². The minimum Gasteiger partial charge on any atom is -0.366 e. The zero-order valence-corrected chi connectivity index (χ0v) is 14.0. The molecule has 1 aliphatic heterocycles. The summed E-state index contributed by atoms with van der Waals surface area (Å²) in [5, 5.41) is 16.9. The summed E-state index contributed by atoms with van der Waals surface area (Å²) < 4.78 is 4.10. The summed E-state index contributed by atoms with van der Waals surface area (Å²) in [7, 11) is 0. The lowest BCUT2D eigenvalue weighted by Crippen LogP contribution is -2.36. The largest absolute Gasteiger partial charge is 0.366 e. The SMILES string of the molecule is c1cc2c[n+](c1)Cc1nnc([n-]1)C[n+]1cccc(c1)Cc1nnc([n-]1)C2. The van der Waals surface area contributed by atoms with Crippen LogP contribution in [0.3, 0.4) is 0 Å². The van der Waals surface area contributed by atoms with Crippen LogP contribution in [0.5, 0.6) is 0 Å². The number of pyridine rings is 2. The predicted octanol–water partition coefficient (Wildman–Crippen LogP) is -0.652. The van der Waals surface area contributed by atoms with Gasteiger partial charge in [0.1, 0.15) is 0 Å². The van der Waals surface area contributed by atoms with Crippen molar-refractivity contribution >= 4 is 0 Å². The molecular weight excluding hydrogens is 328 g/mol. The second kappa shape index (κ2) is 6.14. The third-order valence-corrected chi connectivity index (χ3v) is 4.29. The third-order valence-electron chi connectivity index (χ3n) is 4.29. The van der Waals surface area contributed by atoms with Crippen molar-refractivity contribution in [1.29, 1.82) is 0 Å². The first-order valence-electron chi connectivity index (χ1n) is 8.46. The van der Waals surface area contributed by atoms with E-state index in [1.54, 1.807) is 0 Å². The third kappa shape index (κ3) is 3.08. The molecule has 26 heavy (non-hydrogen) atoms. The molecule has 0 aromatic carbocycles. The maximum absolute atomic E-state index is 4.58. The van der Waals surface area contributed by atoms with Crippen LogP contribution in [0.2, 0.25) is 0 Å². The van der Waals surface area contributed by atoms with Gasteiger partial charge in [0.2, 0.25) is 0 Å². The van der Waals surface area contributed by atoms with Gasteiger partial charge in [0.05, 0.1) is 11.6 Å². The van der Waals surface area contributed by atoms with E-state index in [1.807, 2.05) is 33.7 Å². The molecule has 0 spiro atoms. The lowest BCUT2D eigenvalue weighted by atomic mass is 10.2. The average molecular weight is 344 g/mol. The van der Waals surface area contributed by atoms with Crippen molar-refractivity contribution in [3.63, 3.8) is 0 Å². The van der Waals surface area contributed by atoms with Gasteiger partial charge in [0.15, 0.2) is 37.9 Å².